The quantitative estimate of drug-likeness (QED) is 0.474. The average Bonchev–Trinajstić information content (AvgIpc) is 3.42. The lowest BCUT2D eigenvalue weighted by molar-refractivity contribution is 0.102. The molecule has 7 nitrogen and oxygen atoms in total. The van der Waals surface area contributed by atoms with E-state index >= 15 is 0 Å². The van der Waals surface area contributed by atoms with E-state index in [0.717, 1.165) is 22.5 Å². The first kappa shape index (κ1) is 17.8. The van der Waals surface area contributed by atoms with Crippen molar-refractivity contribution in [2.24, 2.45) is 0 Å². The van der Waals surface area contributed by atoms with Crippen LogP contribution in [0.3, 0.4) is 0 Å². The summed E-state index contributed by atoms with van der Waals surface area (Å²) >= 11 is 0. The Morgan fingerprint density at radius 3 is 2.70 bits per heavy atom. The van der Waals surface area contributed by atoms with Crippen molar-refractivity contribution in [3.05, 3.63) is 90.6 Å². The molecule has 30 heavy (non-hydrogen) atoms. The molecule has 0 bridgehead atoms. The van der Waals surface area contributed by atoms with Gasteiger partial charge in [0.2, 0.25) is 0 Å². The Morgan fingerprint density at radius 1 is 1.03 bits per heavy atom. The van der Waals surface area contributed by atoms with Gasteiger partial charge in [-0.05, 0) is 24.6 Å². The number of rotatable bonds is 4. The number of imidazole rings is 1. The Kier molecular flexibility index (Phi) is 4.33. The van der Waals surface area contributed by atoms with E-state index in [1.807, 2.05) is 78.3 Å². The number of carbonyl (C=O) groups is 1. The molecule has 5 aromatic rings. The van der Waals surface area contributed by atoms with Crippen molar-refractivity contribution in [2.75, 3.05) is 5.32 Å². The highest BCUT2D eigenvalue weighted by Gasteiger charge is 2.17. The number of anilines is 1. The molecule has 4 heterocycles. The van der Waals surface area contributed by atoms with Crippen LogP contribution in [0.25, 0.3) is 28.2 Å². The predicted octanol–water partition coefficient (Wildman–Crippen LogP) is 4.35. The van der Waals surface area contributed by atoms with Crippen LogP contribution in [-0.2, 0) is 0 Å². The van der Waals surface area contributed by atoms with Crippen LogP contribution in [0.5, 0.6) is 0 Å². The summed E-state index contributed by atoms with van der Waals surface area (Å²) in [4.78, 5) is 21.9. The Labute approximate surface area is 172 Å². The number of pyridine rings is 2. The maximum absolute atomic E-state index is 12.9. The van der Waals surface area contributed by atoms with E-state index in [0.29, 0.717) is 22.6 Å². The van der Waals surface area contributed by atoms with Crippen molar-refractivity contribution in [1.82, 2.24) is 24.6 Å². The van der Waals surface area contributed by atoms with Crippen molar-refractivity contribution in [3.63, 3.8) is 0 Å². The van der Waals surface area contributed by atoms with E-state index in [2.05, 4.69) is 25.5 Å². The summed E-state index contributed by atoms with van der Waals surface area (Å²) < 4.78 is 1.93. The van der Waals surface area contributed by atoms with Gasteiger partial charge >= 0.3 is 0 Å². The SMILES string of the molecule is Cc1ccc(-c2cn[nH]c2C(=O)Nc2ccn3cc(-c4ccccc4)nc3c2)nc1. The van der Waals surface area contributed by atoms with Gasteiger partial charge in [-0.2, -0.15) is 5.10 Å². The van der Waals surface area contributed by atoms with Crippen LogP contribution in [0.4, 0.5) is 5.69 Å². The van der Waals surface area contributed by atoms with E-state index in [4.69, 9.17) is 0 Å². The lowest BCUT2D eigenvalue weighted by Crippen LogP contribution is -2.14. The average molecular weight is 394 g/mol. The minimum atomic E-state index is -0.288. The first-order chi connectivity index (χ1) is 14.7. The number of benzene rings is 1. The fourth-order valence-corrected chi connectivity index (χ4v) is 3.28. The monoisotopic (exact) mass is 394 g/mol. The van der Waals surface area contributed by atoms with Crippen LogP contribution >= 0.6 is 0 Å². The van der Waals surface area contributed by atoms with Gasteiger partial charge in [0.25, 0.3) is 5.91 Å². The topological polar surface area (TPSA) is 88.0 Å². The fourth-order valence-electron chi connectivity index (χ4n) is 3.28. The van der Waals surface area contributed by atoms with Gasteiger partial charge in [-0.15, -0.1) is 0 Å². The summed E-state index contributed by atoms with van der Waals surface area (Å²) in [7, 11) is 0. The zero-order chi connectivity index (χ0) is 20.5. The van der Waals surface area contributed by atoms with E-state index in [9.17, 15) is 4.79 Å². The van der Waals surface area contributed by atoms with Gasteiger partial charge < -0.3 is 9.72 Å². The molecule has 5 rings (SSSR count). The molecular weight excluding hydrogens is 376 g/mol. The first-order valence-corrected chi connectivity index (χ1v) is 9.49. The zero-order valence-corrected chi connectivity index (χ0v) is 16.2. The molecule has 4 aromatic heterocycles. The minimum Gasteiger partial charge on any atom is -0.320 e. The third kappa shape index (κ3) is 3.33. The van der Waals surface area contributed by atoms with E-state index in [1.54, 1.807) is 12.4 Å². The fraction of sp³-hybridized carbons (Fsp3) is 0.0435. The van der Waals surface area contributed by atoms with E-state index in [-0.39, 0.29) is 5.91 Å². The summed E-state index contributed by atoms with van der Waals surface area (Å²) in [5.74, 6) is -0.288. The lowest BCUT2D eigenvalue weighted by Gasteiger charge is -2.06. The molecule has 0 radical (unpaired) electrons. The van der Waals surface area contributed by atoms with Crippen molar-refractivity contribution >= 4 is 17.2 Å². The highest BCUT2D eigenvalue weighted by atomic mass is 16.1. The Bertz CT molecular complexity index is 1340. The third-order valence-electron chi connectivity index (χ3n) is 4.84. The van der Waals surface area contributed by atoms with Crippen molar-refractivity contribution < 1.29 is 4.79 Å². The molecule has 0 fully saturated rings. The molecule has 0 atom stereocenters. The maximum atomic E-state index is 12.9. The molecule has 0 aliphatic carbocycles. The van der Waals surface area contributed by atoms with E-state index < -0.39 is 0 Å². The highest BCUT2D eigenvalue weighted by Crippen LogP contribution is 2.23. The Hall–Kier alpha value is -4.26. The maximum Gasteiger partial charge on any atom is 0.274 e. The molecule has 0 aliphatic rings. The molecule has 1 aromatic carbocycles. The number of carbonyl (C=O) groups excluding carboxylic acids is 1. The van der Waals surface area contributed by atoms with Crippen LogP contribution in [0.2, 0.25) is 0 Å². The molecule has 146 valence electrons. The van der Waals surface area contributed by atoms with Gasteiger partial charge in [-0.3, -0.25) is 14.9 Å². The molecular formula is C23H18N6O. The zero-order valence-electron chi connectivity index (χ0n) is 16.2. The smallest absolute Gasteiger partial charge is 0.274 e. The molecule has 0 saturated heterocycles. The summed E-state index contributed by atoms with van der Waals surface area (Å²) in [6.07, 6.45) is 7.21. The molecule has 2 N–H and O–H groups in total. The number of H-pyrrole nitrogens is 1. The van der Waals surface area contributed by atoms with Crippen LogP contribution in [-0.4, -0.2) is 30.5 Å². The number of hydrogen-bond acceptors (Lipinski definition) is 4. The van der Waals surface area contributed by atoms with Gasteiger partial charge in [0.05, 0.1) is 23.1 Å². The second kappa shape index (κ2) is 7.29. The molecule has 0 spiro atoms. The molecule has 0 unspecified atom stereocenters. The summed E-state index contributed by atoms with van der Waals surface area (Å²) in [6, 6.07) is 17.5. The summed E-state index contributed by atoms with van der Waals surface area (Å²) in [5, 5.41) is 9.72. The Morgan fingerprint density at radius 2 is 1.90 bits per heavy atom. The number of aryl methyl sites for hydroxylation is 1. The molecule has 0 saturated carbocycles. The largest absolute Gasteiger partial charge is 0.320 e. The van der Waals surface area contributed by atoms with Crippen LogP contribution in [0.15, 0.2) is 79.4 Å². The van der Waals surface area contributed by atoms with Crippen molar-refractivity contribution in [3.8, 4) is 22.5 Å². The summed E-state index contributed by atoms with van der Waals surface area (Å²) in [6.45, 7) is 1.97. The van der Waals surface area contributed by atoms with Crippen LogP contribution in [0, 0.1) is 6.92 Å². The number of hydrogen-bond donors (Lipinski definition) is 2. The third-order valence-corrected chi connectivity index (χ3v) is 4.84. The summed E-state index contributed by atoms with van der Waals surface area (Å²) in [5.41, 5.74) is 6.07. The second-order valence-electron chi connectivity index (χ2n) is 7.01. The number of fused-ring (bicyclic) bond motifs is 1. The number of aromatic nitrogens is 5. The van der Waals surface area contributed by atoms with Gasteiger partial charge in [0.1, 0.15) is 11.3 Å². The standard InChI is InChI=1S/C23H18N6O/c1-15-7-8-19(24-12-15)18-13-25-28-22(18)23(30)26-17-9-10-29-14-20(27-21(29)11-17)16-5-3-2-4-6-16/h2-14H,1H3,(H,25,28)(H,26,30). The number of aromatic amines is 1. The van der Waals surface area contributed by atoms with Crippen molar-refractivity contribution in [1.29, 1.82) is 0 Å². The second-order valence-corrected chi connectivity index (χ2v) is 7.01. The van der Waals surface area contributed by atoms with Crippen LogP contribution in [0.1, 0.15) is 16.1 Å². The van der Waals surface area contributed by atoms with Gasteiger partial charge in [0.15, 0.2) is 0 Å². The minimum absolute atomic E-state index is 0.288. The Balaban J connectivity index is 1.42. The van der Waals surface area contributed by atoms with Crippen molar-refractivity contribution in [2.45, 2.75) is 6.92 Å². The first-order valence-electron chi connectivity index (χ1n) is 9.49. The van der Waals surface area contributed by atoms with E-state index in [1.165, 1.54) is 0 Å². The molecule has 7 heteroatoms. The number of nitrogens with one attached hydrogen (secondary N) is 2. The molecule has 1 amide bonds. The normalized spacial score (nSPS) is 11.0. The highest BCUT2D eigenvalue weighted by molar-refractivity contribution is 6.07. The molecule has 0 aliphatic heterocycles. The van der Waals surface area contributed by atoms with Crippen LogP contribution < -0.4 is 5.32 Å². The number of amides is 1. The van der Waals surface area contributed by atoms with Gasteiger partial charge in [-0.25, -0.2) is 4.98 Å². The predicted molar refractivity (Wildman–Crippen MR) is 115 cm³/mol. The lowest BCUT2D eigenvalue weighted by atomic mass is 10.1. The van der Waals surface area contributed by atoms with Gasteiger partial charge in [0, 0.05) is 35.9 Å². The number of nitrogens with zero attached hydrogens (tertiary/aromatic N) is 4. The van der Waals surface area contributed by atoms with Gasteiger partial charge in [-0.1, -0.05) is 36.4 Å².